The molecule has 0 fully saturated rings. The zero-order valence-corrected chi connectivity index (χ0v) is 54.5. The van der Waals surface area contributed by atoms with Gasteiger partial charge in [-0.3, -0.25) is 0 Å². The lowest BCUT2D eigenvalue weighted by Crippen LogP contribution is -2.11. The molecule has 8 aromatic heterocycles. The monoisotopic (exact) mass is 1330 g/mol. The summed E-state index contributed by atoms with van der Waals surface area (Å²) in [6.45, 7) is 0. The van der Waals surface area contributed by atoms with E-state index in [0.29, 0.717) is 0 Å². The minimum atomic E-state index is 0.946. The highest BCUT2D eigenvalue weighted by molar-refractivity contribution is 9.10. The number of pyridine rings is 2. The molecule has 0 unspecified atom stereocenters. The number of halogens is 1. The third kappa shape index (κ3) is 9.95. The Balaban J connectivity index is 0.000000114. The highest BCUT2D eigenvalue weighted by Gasteiger charge is 2.26. The summed E-state index contributed by atoms with van der Waals surface area (Å²) in [5.41, 5.74) is 11.8. The van der Waals surface area contributed by atoms with Crippen LogP contribution in [0.4, 0.5) is 28.4 Å². The van der Waals surface area contributed by atoms with Crippen molar-refractivity contribution in [3.63, 3.8) is 0 Å². The Morgan fingerprint density at radius 2 is 0.645 bits per heavy atom. The Hall–Kier alpha value is -10.5. The van der Waals surface area contributed by atoms with E-state index in [1.165, 1.54) is 96.8 Å². The van der Waals surface area contributed by atoms with Gasteiger partial charge in [-0.15, -0.1) is 45.3 Å². The van der Waals surface area contributed by atoms with Gasteiger partial charge in [0.1, 0.15) is 17.1 Å². The van der Waals surface area contributed by atoms with E-state index in [1.807, 2.05) is 74.1 Å². The van der Waals surface area contributed by atoms with Crippen molar-refractivity contribution >= 4 is 203 Å². The van der Waals surface area contributed by atoms with Gasteiger partial charge in [0.05, 0.1) is 15.5 Å². The van der Waals surface area contributed by atoms with Crippen molar-refractivity contribution < 1.29 is 0 Å². The number of benzene rings is 12. The van der Waals surface area contributed by atoms with Gasteiger partial charge in [0.2, 0.25) is 0 Å². The van der Waals surface area contributed by atoms with Crippen LogP contribution in [0.2, 0.25) is 0 Å². The first-order valence-corrected chi connectivity index (χ1v) is 34.8. The number of nitrogens with one attached hydrogen (secondary N) is 1. The first-order chi connectivity index (χ1) is 46.0. The molecule has 0 aliphatic rings. The number of fused-ring (bicyclic) bond motifs is 16. The minimum Gasteiger partial charge on any atom is -0.355 e. The third-order valence-corrected chi connectivity index (χ3v) is 22.9. The molecule has 0 amide bonds. The fraction of sp³-hybridized carbons (Fsp3) is 0. The fourth-order valence-electron chi connectivity index (χ4n) is 13.1. The lowest BCUT2D eigenvalue weighted by atomic mass is 10.1. The number of aromatic nitrogens is 4. The summed E-state index contributed by atoms with van der Waals surface area (Å²) in [7, 11) is 0. The summed E-state index contributed by atoms with van der Waals surface area (Å²) in [6.07, 6.45) is 4.23. The van der Waals surface area contributed by atoms with Gasteiger partial charge in [0.15, 0.2) is 0 Å². The average Bonchev–Trinajstić information content (AvgIpc) is 1.65. The Kier molecular flexibility index (Phi) is 13.7. The van der Waals surface area contributed by atoms with Crippen LogP contribution in [0.3, 0.4) is 0 Å². The average molecular weight is 1330 g/mol. The number of nitrogens with zero attached hydrogens (tertiary/aromatic N) is 5. The fourth-order valence-corrected chi connectivity index (χ4v) is 18.0. The van der Waals surface area contributed by atoms with Gasteiger partial charge in [-0.1, -0.05) is 182 Å². The maximum Gasteiger partial charge on any atom is 0.117 e. The molecular formula is C82H51BrN6S4. The van der Waals surface area contributed by atoms with Gasteiger partial charge in [0, 0.05) is 138 Å². The number of thiophene rings is 4. The minimum absolute atomic E-state index is 0.946. The Morgan fingerprint density at radius 1 is 0.301 bits per heavy atom. The first kappa shape index (κ1) is 55.4. The summed E-state index contributed by atoms with van der Waals surface area (Å²) < 4.78 is 15.6. The van der Waals surface area contributed by atoms with Crippen LogP contribution in [-0.2, 0) is 0 Å². The van der Waals surface area contributed by atoms with Crippen LogP contribution in [0.25, 0.3) is 136 Å². The molecule has 12 aromatic carbocycles. The molecule has 93 heavy (non-hydrogen) atoms. The van der Waals surface area contributed by atoms with E-state index in [2.05, 4.69) is 310 Å². The molecule has 0 saturated carbocycles. The van der Waals surface area contributed by atoms with Crippen LogP contribution in [0.15, 0.2) is 308 Å². The molecule has 0 aliphatic heterocycles. The Labute approximate surface area is 558 Å². The van der Waals surface area contributed by atoms with Gasteiger partial charge in [-0.2, -0.15) is 10.2 Å². The van der Waals surface area contributed by atoms with Crippen LogP contribution < -0.4 is 10.2 Å². The van der Waals surface area contributed by atoms with E-state index in [1.54, 1.807) is 0 Å². The second-order valence-corrected chi connectivity index (χ2v) is 28.3. The van der Waals surface area contributed by atoms with Crippen molar-refractivity contribution in [1.82, 2.24) is 19.2 Å². The quantitative estimate of drug-likeness (QED) is 0.173. The number of anilines is 5. The largest absolute Gasteiger partial charge is 0.355 e. The van der Waals surface area contributed by atoms with Gasteiger partial charge in [-0.05, 0) is 136 Å². The van der Waals surface area contributed by atoms with Crippen LogP contribution >= 0.6 is 61.3 Å². The second kappa shape index (κ2) is 23.0. The lowest BCUT2D eigenvalue weighted by molar-refractivity contribution is 0.974. The predicted octanol–water partition coefficient (Wildman–Crippen LogP) is 25.4. The molecule has 0 spiro atoms. The second-order valence-electron chi connectivity index (χ2n) is 23.2. The SMILES string of the molecule is Brc1c(-c2ccccc2)nn2cc3ccccc3cc12.c1ccc(-c2nn3cc4ccccc4cc3c2N(c2ccc3sc4ccccc4c3c2)c2ccc3sc4ccccc4c3c2)cc1.c1ccc2c(c1)sc1ccc(Nc3ccc4sc5ccccc5c4c3)cc12. The molecule has 20 rings (SSSR count). The zero-order chi connectivity index (χ0) is 61.5. The zero-order valence-electron chi connectivity index (χ0n) is 49.6. The molecule has 11 heteroatoms. The molecule has 0 aliphatic carbocycles. The topological polar surface area (TPSA) is 49.9 Å². The molecule has 6 nitrogen and oxygen atoms in total. The Bertz CT molecular complexity index is 6050. The highest BCUT2D eigenvalue weighted by atomic mass is 79.9. The van der Waals surface area contributed by atoms with E-state index in [0.717, 1.165) is 71.8 Å². The summed E-state index contributed by atoms with van der Waals surface area (Å²) in [4.78, 5) is 2.43. The number of hydrogen-bond donors (Lipinski definition) is 1. The predicted molar refractivity (Wildman–Crippen MR) is 406 cm³/mol. The summed E-state index contributed by atoms with van der Waals surface area (Å²) in [6, 6.07) is 104. The lowest BCUT2D eigenvalue weighted by Gasteiger charge is -2.26. The van der Waals surface area contributed by atoms with Gasteiger partial charge < -0.3 is 10.2 Å². The molecule has 1 N–H and O–H groups in total. The first-order valence-electron chi connectivity index (χ1n) is 30.8. The van der Waals surface area contributed by atoms with Crippen molar-refractivity contribution in [2.24, 2.45) is 0 Å². The van der Waals surface area contributed by atoms with Crippen LogP contribution in [0.1, 0.15) is 0 Å². The highest BCUT2D eigenvalue weighted by Crippen LogP contribution is 2.48. The normalized spacial score (nSPS) is 11.7. The van der Waals surface area contributed by atoms with Crippen LogP contribution in [-0.4, -0.2) is 19.2 Å². The van der Waals surface area contributed by atoms with Crippen LogP contribution in [0.5, 0.6) is 0 Å². The molecular weight excluding hydrogens is 1280 g/mol. The van der Waals surface area contributed by atoms with Crippen molar-refractivity contribution in [3.8, 4) is 22.5 Å². The standard InChI is InChI=1S/C41H25N3S2.C24H15NS2.C17H11BrN2/c1-2-10-26(11-3-1)40-41(35-22-27-12-4-5-13-28(27)25-43(35)42-40)44(29-18-20-38-33(23-29)31-14-6-8-16-36(31)45-38)30-19-21-39-34(24-30)32-15-7-9-17-37(32)46-39;1-3-7-21-17(5-1)19-13-15(9-11-23(19)26-21)25-16-10-12-24-20(14-16)18-6-2-4-8-22(18)27-24;18-16-15-10-13-8-4-5-9-14(13)11-20(15)19-17(16)12-6-2-1-3-7-12/h1-25H;1-14,25H;1-11H. The molecule has 20 aromatic rings. The smallest absolute Gasteiger partial charge is 0.117 e. The summed E-state index contributed by atoms with van der Waals surface area (Å²) >= 11 is 11.1. The number of hydrogen-bond acceptors (Lipinski definition) is 8. The molecule has 440 valence electrons. The summed E-state index contributed by atoms with van der Waals surface area (Å²) in [5.74, 6) is 0. The van der Waals surface area contributed by atoms with E-state index in [-0.39, 0.29) is 0 Å². The van der Waals surface area contributed by atoms with Gasteiger partial charge >= 0.3 is 0 Å². The van der Waals surface area contributed by atoms with E-state index in [9.17, 15) is 0 Å². The van der Waals surface area contributed by atoms with Gasteiger partial charge in [0.25, 0.3) is 0 Å². The van der Waals surface area contributed by atoms with Crippen molar-refractivity contribution in [2.75, 3.05) is 10.2 Å². The van der Waals surface area contributed by atoms with Gasteiger partial charge in [-0.25, -0.2) is 9.03 Å². The van der Waals surface area contributed by atoms with Crippen LogP contribution in [0, 0.1) is 0 Å². The van der Waals surface area contributed by atoms with E-state index >= 15 is 0 Å². The third-order valence-electron chi connectivity index (χ3n) is 17.5. The van der Waals surface area contributed by atoms with E-state index < -0.39 is 0 Å². The maximum atomic E-state index is 5.29. The van der Waals surface area contributed by atoms with Crippen molar-refractivity contribution in [3.05, 3.63) is 308 Å². The molecule has 0 radical (unpaired) electrons. The van der Waals surface area contributed by atoms with Crippen molar-refractivity contribution in [2.45, 2.75) is 0 Å². The maximum absolute atomic E-state index is 5.29. The molecule has 0 bridgehead atoms. The summed E-state index contributed by atoms with van der Waals surface area (Å²) in [5, 5.41) is 28.8. The Morgan fingerprint density at radius 3 is 1.11 bits per heavy atom. The number of rotatable bonds is 7. The van der Waals surface area contributed by atoms with Crippen molar-refractivity contribution in [1.29, 1.82) is 0 Å². The molecule has 0 atom stereocenters. The molecule has 8 heterocycles. The van der Waals surface area contributed by atoms with E-state index in [4.69, 9.17) is 10.2 Å². The molecule has 0 saturated heterocycles.